The summed E-state index contributed by atoms with van der Waals surface area (Å²) in [4.78, 5) is 0. The van der Waals surface area contributed by atoms with E-state index < -0.39 is 0 Å². The van der Waals surface area contributed by atoms with Gasteiger partial charge >= 0.3 is 0 Å². The maximum absolute atomic E-state index is 3.92. The van der Waals surface area contributed by atoms with Crippen molar-refractivity contribution in [1.29, 1.82) is 0 Å². The average Bonchev–Trinajstić information content (AvgIpc) is 1.88. The Kier molecular flexibility index (Phi) is 2.50. The highest BCUT2D eigenvalue weighted by Gasteiger charge is 1.96. The van der Waals surface area contributed by atoms with E-state index in [2.05, 4.69) is 41.9 Å². The number of halogens is 1. The van der Waals surface area contributed by atoms with Crippen LogP contribution in [0.2, 0.25) is 0 Å². The summed E-state index contributed by atoms with van der Waals surface area (Å²) in [6.07, 6.45) is 0. The number of benzene rings is 1. The molecular weight excluding hydrogens is 188 g/mol. The molecule has 0 N–H and O–H groups in total. The normalized spacial score (nSPS) is 10.4. The fraction of sp³-hybridized carbons (Fsp3) is 0.222. The highest BCUT2D eigenvalue weighted by atomic mass is 79.9. The molecule has 0 heterocycles. The van der Waals surface area contributed by atoms with Crippen LogP contribution in [-0.2, 0) is 0 Å². The molecule has 1 heteroatoms. The second-order valence-corrected chi connectivity index (χ2v) is 3.37. The Balaban J connectivity index is 2.89. The lowest BCUT2D eigenvalue weighted by molar-refractivity contribution is 0.964. The molecule has 0 spiro atoms. The molecule has 1 radical (unpaired) electrons. The van der Waals surface area contributed by atoms with Crippen molar-refractivity contribution >= 4 is 15.9 Å². The van der Waals surface area contributed by atoms with Crippen molar-refractivity contribution in [2.24, 2.45) is 0 Å². The second-order valence-electron chi connectivity index (χ2n) is 2.45. The van der Waals surface area contributed by atoms with Gasteiger partial charge in [0.1, 0.15) is 0 Å². The molecule has 1 aromatic carbocycles. The van der Waals surface area contributed by atoms with Gasteiger partial charge in [-0.15, -0.1) is 0 Å². The van der Waals surface area contributed by atoms with E-state index in [1.807, 2.05) is 12.1 Å². The number of hydrogen-bond donors (Lipinski definition) is 0. The van der Waals surface area contributed by atoms with Crippen molar-refractivity contribution < 1.29 is 0 Å². The van der Waals surface area contributed by atoms with Crippen LogP contribution >= 0.6 is 15.9 Å². The van der Waals surface area contributed by atoms with Gasteiger partial charge in [-0.1, -0.05) is 35.0 Å². The molecule has 0 saturated heterocycles. The van der Waals surface area contributed by atoms with E-state index in [0.29, 0.717) is 5.92 Å². The summed E-state index contributed by atoms with van der Waals surface area (Å²) in [5.41, 5.74) is 1.28. The van der Waals surface area contributed by atoms with Crippen molar-refractivity contribution in [3.05, 3.63) is 41.2 Å². The Morgan fingerprint density at radius 2 is 1.80 bits per heavy atom. The predicted octanol–water partition coefficient (Wildman–Crippen LogP) is 3.39. The maximum atomic E-state index is 3.92. The van der Waals surface area contributed by atoms with E-state index in [1.54, 1.807) is 0 Å². The van der Waals surface area contributed by atoms with Gasteiger partial charge in [0, 0.05) is 4.47 Å². The fourth-order valence-electron chi connectivity index (χ4n) is 0.791. The SMILES string of the molecule is [CH2]C(C)c1ccc(Br)cc1. The zero-order chi connectivity index (χ0) is 7.56. The summed E-state index contributed by atoms with van der Waals surface area (Å²) in [6.45, 7) is 6.01. The van der Waals surface area contributed by atoms with Crippen LogP contribution in [0, 0.1) is 6.92 Å². The first-order chi connectivity index (χ1) is 4.70. The number of hydrogen-bond acceptors (Lipinski definition) is 0. The van der Waals surface area contributed by atoms with Gasteiger partial charge in [-0.05, 0) is 30.5 Å². The molecule has 0 aliphatic carbocycles. The third-order valence-electron chi connectivity index (χ3n) is 1.44. The van der Waals surface area contributed by atoms with Gasteiger partial charge in [0.05, 0.1) is 0 Å². The Labute approximate surface area is 70.4 Å². The molecule has 0 aromatic heterocycles. The van der Waals surface area contributed by atoms with Gasteiger partial charge in [0.15, 0.2) is 0 Å². The molecule has 0 nitrogen and oxygen atoms in total. The highest BCUT2D eigenvalue weighted by Crippen LogP contribution is 2.16. The molecule has 0 fully saturated rings. The fourth-order valence-corrected chi connectivity index (χ4v) is 1.06. The van der Waals surface area contributed by atoms with Crippen LogP contribution in [0.15, 0.2) is 28.7 Å². The molecule has 1 rings (SSSR count). The first-order valence-corrected chi connectivity index (χ1v) is 4.08. The molecule has 0 aliphatic rings. The van der Waals surface area contributed by atoms with Crippen molar-refractivity contribution in [2.45, 2.75) is 12.8 Å². The molecule has 1 atom stereocenters. The summed E-state index contributed by atoms with van der Waals surface area (Å²) < 4.78 is 1.12. The quantitative estimate of drug-likeness (QED) is 0.648. The highest BCUT2D eigenvalue weighted by molar-refractivity contribution is 9.10. The minimum Gasteiger partial charge on any atom is -0.0584 e. The van der Waals surface area contributed by atoms with Crippen LogP contribution < -0.4 is 0 Å². The van der Waals surface area contributed by atoms with E-state index in [1.165, 1.54) is 5.56 Å². The van der Waals surface area contributed by atoms with Crippen molar-refractivity contribution in [3.8, 4) is 0 Å². The van der Waals surface area contributed by atoms with E-state index >= 15 is 0 Å². The van der Waals surface area contributed by atoms with Crippen LogP contribution in [0.1, 0.15) is 18.4 Å². The van der Waals surface area contributed by atoms with E-state index in [-0.39, 0.29) is 0 Å². The standard InChI is InChI=1S/C9H10Br/c1-7(2)8-3-5-9(10)6-4-8/h3-7H,1H2,2H3. The van der Waals surface area contributed by atoms with Gasteiger partial charge in [-0.25, -0.2) is 0 Å². The maximum Gasteiger partial charge on any atom is 0.0175 e. The minimum atomic E-state index is 0.382. The topological polar surface area (TPSA) is 0 Å². The van der Waals surface area contributed by atoms with E-state index in [9.17, 15) is 0 Å². The first kappa shape index (κ1) is 7.80. The Bertz CT molecular complexity index is 198. The lowest BCUT2D eigenvalue weighted by Gasteiger charge is -2.02. The van der Waals surface area contributed by atoms with Crippen LogP contribution in [0.3, 0.4) is 0 Å². The van der Waals surface area contributed by atoms with E-state index in [4.69, 9.17) is 0 Å². The second kappa shape index (κ2) is 3.20. The molecule has 0 bridgehead atoms. The monoisotopic (exact) mass is 197 g/mol. The minimum absolute atomic E-state index is 0.382. The van der Waals surface area contributed by atoms with Gasteiger partial charge in [0.25, 0.3) is 0 Å². The van der Waals surface area contributed by atoms with E-state index in [0.717, 1.165) is 4.47 Å². The van der Waals surface area contributed by atoms with Crippen LogP contribution in [0.4, 0.5) is 0 Å². The first-order valence-electron chi connectivity index (χ1n) is 3.28. The molecule has 10 heavy (non-hydrogen) atoms. The van der Waals surface area contributed by atoms with Crippen molar-refractivity contribution in [2.75, 3.05) is 0 Å². The van der Waals surface area contributed by atoms with Crippen LogP contribution in [0.25, 0.3) is 0 Å². The lowest BCUT2D eigenvalue weighted by Crippen LogP contribution is -1.84. The summed E-state index contributed by atoms with van der Waals surface area (Å²) in [5, 5.41) is 0. The Hall–Kier alpha value is -0.300. The zero-order valence-corrected chi connectivity index (χ0v) is 7.56. The van der Waals surface area contributed by atoms with Gasteiger partial charge < -0.3 is 0 Å². The van der Waals surface area contributed by atoms with Gasteiger partial charge in [-0.3, -0.25) is 0 Å². The molecular formula is C9H10Br. The smallest absolute Gasteiger partial charge is 0.0175 e. The van der Waals surface area contributed by atoms with Crippen molar-refractivity contribution in [3.63, 3.8) is 0 Å². The summed E-state index contributed by atoms with van der Waals surface area (Å²) >= 11 is 3.37. The summed E-state index contributed by atoms with van der Waals surface area (Å²) in [7, 11) is 0. The Morgan fingerprint density at radius 3 is 2.20 bits per heavy atom. The molecule has 1 aromatic rings. The van der Waals surface area contributed by atoms with Crippen LogP contribution in [0.5, 0.6) is 0 Å². The zero-order valence-electron chi connectivity index (χ0n) is 5.97. The van der Waals surface area contributed by atoms with Gasteiger partial charge in [0.2, 0.25) is 0 Å². The predicted molar refractivity (Wildman–Crippen MR) is 47.9 cm³/mol. The summed E-state index contributed by atoms with van der Waals surface area (Å²) in [6, 6.07) is 8.25. The van der Waals surface area contributed by atoms with Crippen molar-refractivity contribution in [1.82, 2.24) is 0 Å². The molecule has 1 unspecified atom stereocenters. The molecule has 0 saturated carbocycles. The Morgan fingerprint density at radius 1 is 1.30 bits per heavy atom. The van der Waals surface area contributed by atoms with Crippen LogP contribution in [-0.4, -0.2) is 0 Å². The largest absolute Gasteiger partial charge is 0.0584 e. The molecule has 0 aliphatic heterocycles. The average molecular weight is 198 g/mol. The molecule has 0 amide bonds. The third-order valence-corrected chi connectivity index (χ3v) is 1.97. The van der Waals surface area contributed by atoms with Gasteiger partial charge in [-0.2, -0.15) is 0 Å². The molecule has 53 valence electrons. The summed E-state index contributed by atoms with van der Waals surface area (Å²) in [5.74, 6) is 0.382. The number of rotatable bonds is 1. The lowest BCUT2D eigenvalue weighted by atomic mass is 10.0. The third kappa shape index (κ3) is 1.84.